The summed E-state index contributed by atoms with van der Waals surface area (Å²) in [7, 11) is -1.80. The first kappa shape index (κ1) is 14.8. The van der Waals surface area contributed by atoms with Crippen molar-refractivity contribution in [1.29, 1.82) is 0 Å². The first-order valence-corrected chi connectivity index (χ1v) is 7.53. The van der Waals surface area contributed by atoms with E-state index >= 15 is 0 Å². The lowest BCUT2D eigenvalue weighted by Gasteiger charge is -2.20. The number of benzene rings is 1. The SMILES string of the molecule is CCCCCN(C)c1cc(N)cc(S(N)(=O)=O)c1. The molecule has 0 unspecified atom stereocenters. The summed E-state index contributed by atoms with van der Waals surface area (Å²) in [5.41, 5.74) is 6.88. The van der Waals surface area contributed by atoms with Gasteiger partial charge in [0.25, 0.3) is 0 Å². The zero-order valence-electron chi connectivity index (χ0n) is 10.9. The number of anilines is 2. The highest BCUT2D eigenvalue weighted by atomic mass is 32.2. The lowest BCUT2D eigenvalue weighted by Crippen LogP contribution is -2.20. The van der Waals surface area contributed by atoms with Gasteiger partial charge in [-0.2, -0.15) is 0 Å². The third kappa shape index (κ3) is 4.19. The average Bonchev–Trinajstić information content (AvgIpc) is 2.27. The minimum absolute atomic E-state index is 0.0554. The summed E-state index contributed by atoms with van der Waals surface area (Å²) in [4.78, 5) is 2.04. The van der Waals surface area contributed by atoms with E-state index in [-0.39, 0.29) is 4.90 Å². The maximum absolute atomic E-state index is 11.3. The van der Waals surface area contributed by atoms with Gasteiger partial charge in [0.2, 0.25) is 10.0 Å². The largest absolute Gasteiger partial charge is 0.399 e. The molecular weight excluding hydrogens is 250 g/mol. The number of hydrogen-bond acceptors (Lipinski definition) is 4. The molecule has 0 atom stereocenters. The van der Waals surface area contributed by atoms with Crippen molar-refractivity contribution in [3.63, 3.8) is 0 Å². The van der Waals surface area contributed by atoms with E-state index in [4.69, 9.17) is 10.9 Å². The lowest BCUT2D eigenvalue weighted by molar-refractivity contribution is 0.598. The number of unbranched alkanes of at least 4 members (excludes halogenated alkanes) is 2. The van der Waals surface area contributed by atoms with Crippen LogP contribution in [0.15, 0.2) is 23.1 Å². The Hall–Kier alpha value is -1.27. The average molecular weight is 271 g/mol. The molecule has 0 radical (unpaired) electrons. The fourth-order valence-corrected chi connectivity index (χ4v) is 2.30. The van der Waals surface area contributed by atoms with Crippen molar-refractivity contribution >= 4 is 21.4 Å². The highest BCUT2D eigenvalue weighted by molar-refractivity contribution is 7.89. The summed E-state index contributed by atoms with van der Waals surface area (Å²) in [6.45, 7) is 3.00. The molecule has 4 N–H and O–H groups in total. The molecule has 1 rings (SSSR count). The van der Waals surface area contributed by atoms with Crippen LogP contribution in [0.5, 0.6) is 0 Å². The lowest BCUT2D eigenvalue weighted by atomic mass is 10.2. The Morgan fingerprint density at radius 1 is 1.22 bits per heavy atom. The third-order valence-electron chi connectivity index (χ3n) is 2.78. The van der Waals surface area contributed by atoms with Crippen LogP contribution < -0.4 is 15.8 Å². The van der Waals surface area contributed by atoms with Crippen LogP contribution in [0.25, 0.3) is 0 Å². The molecule has 1 aromatic carbocycles. The molecule has 0 bridgehead atoms. The Morgan fingerprint density at radius 3 is 2.44 bits per heavy atom. The van der Waals surface area contributed by atoms with E-state index in [1.165, 1.54) is 6.07 Å². The zero-order valence-corrected chi connectivity index (χ0v) is 11.7. The van der Waals surface area contributed by atoms with Crippen molar-refractivity contribution in [2.45, 2.75) is 31.1 Å². The monoisotopic (exact) mass is 271 g/mol. The van der Waals surface area contributed by atoms with E-state index in [2.05, 4.69) is 6.92 Å². The Labute approximate surface area is 109 Å². The van der Waals surface area contributed by atoms with Crippen molar-refractivity contribution in [1.82, 2.24) is 0 Å². The Balaban J connectivity index is 2.92. The number of nitrogen functional groups attached to an aromatic ring is 1. The number of nitrogens with zero attached hydrogens (tertiary/aromatic N) is 1. The molecule has 5 nitrogen and oxygen atoms in total. The van der Waals surface area contributed by atoms with Crippen LogP contribution in [0.2, 0.25) is 0 Å². The second-order valence-corrected chi connectivity index (χ2v) is 6.00. The van der Waals surface area contributed by atoms with E-state index in [0.717, 1.165) is 31.5 Å². The predicted molar refractivity (Wildman–Crippen MR) is 75.0 cm³/mol. The summed E-state index contributed by atoms with van der Waals surface area (Å²) in [6, 6.07) is 4.68. The molecule has 0 aromatic heterocycles. The number of hydrogen-bond donors (Lipinski definition) is 2. The van der Waals surface area contributed by atoms with Gasteiger partial charge < -0.3 is 10.6 Å². The second kappa shape index (κ2) is 6.06. The van der Waals surface area contributed by atoms with Gasteiger partial charge in [-0.25, -0.2) is 13.6 Å². The summed E-state index contributed by atoms with van der Waals surface area (Å²) >= 11 is 0. The predicted octanol–water partition coefficient (Wildman–Crippen LogP) is 1.54. The first-order chi connectivity index (χ1) is 8.34. The maximum Gasteiger partial charge on any atom is 0.238 e. The van der Waals surface area contributed by atoms with Crippen molar-refractivity contribution in [2.75, 3.05) is 24.2 Å². The minimum atomic E-state index is -3.71. The van der Waals surface area contributed by atoms with Gasteiger partial charge in [-0.1, -0.05) is 19.8 Å². The molecule has 0 aliphatic heterocycles. The topological polar surface area (TPSA) is 89.4 Å². The molecule has 1 aromatic rings. The van der Waals surface area contributed by atoms with Crippen LogP contribution in [0.4, 0.5) is 11.4 Å². The molecule has 0 aliphatic rings. The quantitative estimate of drug-likeness (QED) is 0.606. The molecule has 0 fully saturated rings. The van der Waals surface area contributed by atoms with Gasteiger partial charge in [0.05, 0.1) is 4.90 Å². The molecule has 0 heterocycles. The van der Waals surface area contributed by atoms with Crippen molar-refractivity contribution < 1.29 is 8.42 Å². The number of nitrogens with two attached hydrogens (primary N) is 2. The highest BCUT2D eigenvalue weighted by Gasteiger charge is 2.11. The molecule has 0 amide bonds. The Morgan fingerprint density at radius 2 is 1.89 bits per heavy atom. The van der Waals surface area contributed by atoms with Crippen LogP contribution in [0.1, 0.15) is 26.2 Å². The summed E-state index contributed by atoms with van der Waals surface area (Å²) in [5, 5.41) is 5.11. The molecule has 0 saturated heterocycles. The van der Waals surface area contributed by atoms with Gasteiger partial charge in [0.1, 0.15) is 0 Å². The first-order valence-electron chi connectivity index (χ1n) is 5.99. The smallest absolute Gasteiger partial charge is 0.238 e. The Kier molecular flexibility index (Phi) is 4.98. The van der Waals surface area contributed by atoms with E-state index in [1.807, 2.05) is 11.9 Å². The number of rotatable bonds is 6. The number of primary sulfonamides is 1. The highest BCUT2D eigenvalue weighted by Crippen LogP contribution is 2.22. The normalized spacial score (nSPS) is 11.5. The van der Waals surface area contributed by atoms with Gasteiger partial charge in [-0.3, -0.25) is 0 Å². The molecular formula is C12H21N3O2S. The van der Waals surface area contributed by atoms with Crippen LogP contribution in [-0.4, -0.2) is 22.0 Å². The minimum Gasteiger partial charge on any atom is -0.399 e. The van der Waals surface area contributed by atoms with E-state index in [0.29, 0.717) is 5.69 Å². The van der Waals surface area contributed by atoms with Gasteiger partial charge >= 0.3 is 0 Å². The molecule has 6 heteroatoms. The van der Waals surface area contributed by atoms with Gasteiger partial charge in [-0.15, -0.1) is 0 Å². The van der Waals surface area contributed by atoms with E-state index in [9.17, 15) is 8.42 Å². The Bertz CT molecular complexity index is 500. The summed E-state index contributed by atoms with van der Waals surface area (Å²) in [6.07, 6.45) is 3.36. The van der Waals surface area contributed by atoms with Crippen molar-refractivity contribution in [2.24, 2.45) is 5.14 Å². The van der Waals surface area contributed by atoms with Gasteiger partial charge in [0, 0.05) is 25.0 Å². The van der Waals surface area contributed by atoms with Gasteiger partial charge in [0.15, 0.2) is 0 Å². The number of sulfonamides is 1. The summed E-state index contributed by atoms with van der Waals surface area (Å²) < 4.78 is 22.6. The molecule has 102 valence electrons. The summed E-state index contributed by atoms with van der Waals surface area (Å²) in [5.74, 6) is 0. The van der Waals surface area contributed by atoms with Crippen LogP contribution in [0.3, 0.4) is 0 Å². The molecule has 0 saturated carbocycles. The van der Waals surface area contributed by atoms with E-state index < -0.39 is 10.0 Å². The molecule has 0 aliphatic carbocycles. The van der Waals surface area contributed by atoms with Crippen molar-refractivity contribution in [3.8, 4) is 0 Å². The third-order valence-corrected chi connectivity index (χ3v) is 3.67. The second-order valence-electron chi connectivity index (χ2n) is 4.43. The zero-order chi connectivity index (χ0) is 13.8. The fourth-order valence-electron chi connectivity index (χ4n) is 1.72. The molecule has 0 spiro atoms. The van der Waals surface area contributed by atoms with Crippen LogP contribution in [-0.2, 0) is 10.0 Å². The van der Waals surface area contributed by atoms with Crippen LogP contribution in [0, 0.1) is 0 Å². The fraction of sp³-hybridized carbons (Fsp3) is 0.500. The maximum atomic E-state index is 11.3. The van der Waals surface area contributed by atoms with Gasteiger partial charge in [-0.05, 0) is 24.6 Å². The van der Waals surface area contributed by atoms with Crippen LogP contribution >= 0.6 is 0 Å². The van der Waals surface area contributed by atoms with E-state index in [1.54, 1.807) is 12.1 Å². The molecule has 18 heavy (non-hydrogen) atoms. The standard InChI is InChI=1S/C12H21N3O2S/c1-3-4-5-6-15(2)11-7-10(13)8-12(9-11)18(14,16)17/h7-9H,3-6,13H2,1-2H3,(H2,14,16,17). The van der Waals surface area contributed by atoms with Crippen molar-refractivity contribution in [3.05, 3.63) is 18.2 Å².